The Hall–Kier alpha value is -0.620. The highest BCUT2D eigenvalue weighted by molar-refractivity contribution is 7.13. The van der Waals surface area contributed by atoms with E-state index in [9.17, 15) is 9.90 Å². The number of hydrogen-bond donors (Lipinski definition) is 2. The summed E-state index contributed by atoms with van der Waals surface area (Å²) in [4.78, 5) is 14.3. The van der Waals surface area contributed by atoms with E-state index in [1.165, 1.54) is 11.3 Å². The maximum Gasteiger partial charge on any atom is 0.262 e. The number of aliphatic hydroxyl groups is 1. The van der Waals surface area contributed by atoms with E-state index in [1.807, 2.05) is 31.3 Å². The Balaban J connectivity index is 2.59. The Bertz CT molecular complexity index is 430. The number of carbonyl (C=O) groups excluding carboxylic acids is 1. The molecule has 6 heteroatoms. The molecule has 4 nitrogen and oxygen atoms in total. The molecule has 0 aliphatic carbocycles. The Morgan fingerprint density at radius 3 is 2.67 bits per heavy atom. The molecule has 1 amide bonds. The highest BCUT2D eigenvalue weighted by Gasteiger charge is 2.23. The number of aryl methyl sites for hydroxylation is 1. The summed E-state index contributed by atoms with van der Waals surface area (Å²) in [6.07, 6.45) is 0. The number of likely N-dealkylation sites (N-methyl/N-ethyl adjacent to an activating group) is 1. The van der Waals surface area contributed by atoms with Gasteiger partial charge in [-0.1, -0.05) is 11.6 Å². The van der Waals surface area contributed by atoms with E-state index in [0.717, 1.165) is 5.56 Å². The summed E-state index contributed by atoms with van der Waals surface area (Å²) in [5, 5.41) is 15.1. The van der Waals surface area contributed by atoms with Gasteiger partial charge in [0.1, 0.15) is 4.88 Å². The minimum Gasteiger partial charge on any atom is -0.387 e. The van der Waals surface area contributed by atoms with Gasteiger partial charge in [-0.15, -0.1) is 11.3 Å². The molecule has 0 spiro atoms. The van der Waals surface area contributed by atoms with Crippen molar-refractivity contribution in [2.75, 3.05) is 27.2 Å². The van der Waals surface area contributed by atoms with Crippen LogP contribution < -0.4 is 5.32 Å². The molecule has 1 heterocycles. The summed E-state index contributed by atoms with van der Waals surface area (Å²) in [7, 11) is 3.74. The van der Waals surface area contributed by atoms with Gasteiger partial charge in [0.05, 0.1) is 10.6 Å². The molecule has 1 unspecified atom stereocenters. The largest absolute Gasteiger partial charge is 0.387 e. The Labute approximate surface area is 117 Å². The van der Waals surface area contributed by atoms with Gasteiger partial charge in [-0.2, -0.15) is 0 Å². The van der Waals surface area contributed by atoms with Gasteiger partial charge in [0.2, 0.25) is 0 Å². The van der Waals surface area contributed by atoms with Crippen LogP contribution >= 0.6 is 22.9 Å². The maximum atomic E-state index is 11.9. The summed E-state index contributed by atoms with van der Waals surface area (Å²) in [5.41, 5.74) is -0.0651. The zero-order chi connectivity index (χ0) is 13.9. The van der Waals surface area contributed by atoms with Crippen molar-refractivity contribution in [1.29, 1.82) is 0 Å². The summed E-state index contributed by atoms with van der Waals surface area (Å²) < 4.78 is 0. The van der Waals surface area contributed by atoms with E-state index >= 15 is 0 Å². The molecule has 0 radical (unpaired) electrons. The smallest absolute Gasteiger partial charge is 0.262 e. The third-order valence-corrected chi connectivity index (χ3v) is 4.09. The number of amides is 1. The molecule has 102 valence electrons. The Morgan fingerprint density at radius 1 is 1.61 bits per heavy atom. The van der Waals surface area contributed by atoms with Crippen molar-refractivity contribution < 1.29 is 9.90 Å². The number of nitrogens with zero attached hydrogens (tertiary/aromatic N) is 1. The van der Waals surface area contributed by atoms with Crippen molar-refractivity contribution in [1.82, 2.24) is 10.2 Å². The first-order chi connectivity index (χ1) is 8.23. The molecular formula is C12H19ClN2O2S. The lowest BCUT2D eigenvalue weighted by molar-refractivity contribution is 0.0326. The molecule has 0 aliphatic rings. The van der Waals surface area contributed by atoms with Crippen LogP contribution in [-0.2, 0) is 0 Å². The molecule has 0 bridgehead atoms. The van der Waals surface area contributed by atoms with Gasteiger partial charge in [0, 0.05) is 13.1 Å². The van der Waals surface area contributed by atoms with E-state index in [2.05, 4.69) is 5.32 Å². The molecule has 1 rings (SSSR count). The monoisotopic (exact) mass is 290 g/mol. The molecular weight excluding hydrogens is 272 g/mol. The first-order valence-electron chi connectivity index (χ1n) is 5.62. The normalized spacial score (nSPS) is 14.6. The van der Waals surface area contributed by atoms with Crippen LogP contribution in [0.2, 0.25) is 5.02 Å². The predicted octanol–water partition coefficient (Wildman–Crippen LogP) is 1.75. The van der Waals surface area contributed by atoms with Gasteiger partial charge in [0.25, 0.3) is 5.91 Å². The number of nitrogens with one attached hydrogen (secondary N) is 1. The fraction of sp³-hybridized carbons (Fsp3) is 0.583. The number of halogens is 1. The lowest BCUT2D eigenvalue weighted by Gasteiger charge is -2.26. The van der Waals surface area contributed by atoms with Crippen molar-refractivity contribution in [2.24, 2.45) is 0 Å². The predicted molar refractivity (Wildman–Crippen MR) is 75.6 cm³/mol. The molecule has 1 atom stereocenters. The first-order valence-corrected chi connectivity index (χ1v) is 6.87. The average Bonchev–Trinajstić information content (AvgIpc) is 2.55. The van der Waals surface area contributed by atoms with Crippen LogP contribution in [0.5, 0.6) is 0 Å². The zero-order valence-electron chi connectivity index (χ0n) is 11.1. The topological polar surface area (TPSA) is 52.6 Å². The molecule has 0 fully saturated rings. The van der Waals surface area contributed by atoms with Gasteiger partial charge in [-0.3, -0.25) is 4.79 Å². The second-order valence-corrected chi connectivity index (χ2v) is 6.24. The molecule has 2 N–H and O–H groups in total. The van der Waals surface area contributed by atoms with Gasteiger partial charge >= 0.3 is 0 Å². The highest BCUT2D eigenvalue weighted by atomic mass is 35.5. The number of hydrogen-bond acceptors (Lipinski definition) is 4. The van der Waals surface area contributed by atoms with Crippen LogP contribution in [0.25, 0.3) is 0 Å². The molecule has 18 heavy (non-hydrogen) atoms. The lowest BCUT2D eigenvalue weighted by Crippen LogP contribution is -2.47. The fourth-order valence-electron chi connectivity index (χ4n) is 1.67. The van der Waals surface area contributed by atoms with E-state index in [1.54, 1.807) is 6.92 Å². The lowest BCUT2D eigenvalue weighted by atomic mass is 10.1. The molecule has 1 aromatic heterocycles. The van der Waals surface area contributed by atoms with Gasteiger partial charge < -0.3 is 15.3 Å². The molecule has 0 saturated heterocycles. The molecule has 1 aromatic rings. The van der Waals surface area contributed by atoms with E-state index in [4.69, 9.17) is 11.6 Å². The summed E-state index contributed by atoms with van der Waals surface area (Å²) in [5.74, 6) is -0.239. The second kappa shape index (κ2) is 6.02. The maximum absolute atomic E-state index is 11.9. The highest BCUT2D eigenvalue weighted by Crippen LogP contribution is 2.26. The van der Waals surface area contributed by atoms with Crippen LogP contribution in [0, 0.1) is 6.92 Å². The molecule has 0 saturated carbocycles. The average molecular weight is 291 g/mol. The van der Waals surface area contributed by atoms with Crippen LogP contribution in [0.15, 0.2) is 5.38 Å². The first kappa shape index (κ1) is 15.4. The van der Waals surface area contributed by atoms with E-state index in [0.29, 0.717) is 16.4 Å². The Kier molecular flexibility index (Phi) is 5.16. The molecule has 0 aliphatic heterocycles. The summed E-state index contributed by atoms with van der Waals surface area (Å²) >= 11 is 7.33. The van der Waals surface area contributed by atoms with Crippen molar-refractivity contribution in [3.05, 3.63) is 20.8 Å². The SMILES string of the molecule is Cc1csc(C(=O)NCC(C)(O)CN(C)C)c1Cl. The van der Waals surface area contributed by atoms with Crippen molar-refractivity contribution in [2.45, 2.75) is 19.4 Å². The van der Waals surface area contributed by atoms with Crippen molar-refractivity contribution >= 4 is 28.8 Å². The zero-order valence-corrected chi connectivity index (χ0v) is 12.7. The van der Waals surface area contributed by atoms with Crippen molar-refractivity contribution in [3.63, 3.8) is 0 Å². The van der Waals surface area contributed by atoms with Crippen molar-refractivity contribution in [3.8, 4) is 0 Å². The summed E-state index contributed by atoms with van der Waals surface area (Å²) in [6, 6.07) is 0. The van der Waals surface area contributed by atoms with Crippen LogP contribution in [0.4, 0.5) is 0 Å². The minimum absolute atomic E-state index is 0.192. The van der Waals surface area contributed by atoms with E-state index in [-0.39, 0.29) is 12.5 Å². The number of thiophene rings is 1. The van der Waals surface area contributed by atoms with E-state index < -0.39 is 5.60 Å². The quantitative estimate of drug-likeness (QED) is 0.869. The van der Waals surface area contributed by atoms with Gasteiger partial charge in [0.15, 0.2) is 0 Å². The third-order valence-electron chi connectivity index (χ3n) is 2.39. The fourth-order valence-corrected chi connectivity index (χ4v) is 2.87. The van der Waals surface area contributed by atoms with Crippen LogP contribution in [0.3, 0.4) is 0 Å². The number of carbonyl (C=O) groups is 1. The second-order valence-electron chi connectivity index (χ2n) is 4.98. The third kappa shape index (κ3) is 4.24. The van der Waals surface area contributed by atoms with Gasteiger partial charge in [-0.05, 0) is 38.9 Å². The van der Waals surface area contributed by atoms with Crippen LogP contribution in [0.1, 0.15) is 22.2 Å². The Morgan fingerprint density at radius 2 is 2.22 bits per heavy atom. The van der Waals surface area contributed by atoms with Gasteiger partial charge in [-0.25, -0.2) is 0 Å². The summed E-state index contributed by atoms with van der Waals surface area (Å²) in [6.45, 7) is 4.22. The standard InChI is InChI=1S/C12H19ClN2O2S/c1-8-5-18-10(9(8)13)11(16)14-6-12(2,17)7-15(3)4/h5,17H,6-7H2,1-4H3,(H,14,16). The minimum atomic E-state index is -0.960. The number of rotatable bonds is 5. The van der Waals surface area contributed by atoms with Crippen LogP contribution in [-0.4, -0.2) is 48.7 Å². The molecule has 0 aromatic carbocycles.